The zero-order chi connectivity index (χ0) is 14.7. The molecule has 0 aromatic heterocycles. The maximum absolute atomic E-state index is 12.7. The summed E-state index contributed by atoms with van der Waals surface area (Å²) in [5.41, 5.74) is 1.94. The topological polar surface area (TPSA) is 26.3 Å². The van der Waals surface area contributed by atoms with Crippen LogP contribution in [-0.4, -0.2) is 16.6 Å². The molecule has 2 nitrogen and oxygen atoms in total. The number of hydrogen-bond donors (Lipinski definition) is 0. The van der Waals surface area contributed by atoms with Gasteiger partial charge in [0.2, 0.25) is 0 Å². The van der Waals surface area contributed by atoms with Gasteiger partial charge in [0.05, 0.1) is 16.6 Å². The smallest absolute Gasteiger partial charge is 0.105 e. The Labute approximate surface area is 128 Å². The quantitative estimate of drug-likeness (QED) is 0.858. The van der Waals surface area contributed by atoms with Gasteiger partial charge in [-0.15, -0.1) is 0 Å². The molecule has 21 heavy (non-hydrogen) atoms. The van der Waals surface area contributed by atoms with Gasteiger partial charge in [0, 0.05) is 11.5 Å². The van der Waals surface area contributed by atoms with Crippen molar-refractivity contribution in [1.82, 2.24) is 0 Å². The van der Waals surface area contributed by atoms with Gasteiger partial charge < -0.3 is 4.74 Å². The van der Waals surface area contributed by atoms with Gasteiger partial charge in [-0.2, -0.15) is 0 Å². The Morgan fingerprint density at radius 3 is 2.43 bits per heavy atom. The van der Waals surface area contributed by atoms with E-state index in [-0.39, 0.29) is 0 Å². The van der Waals surface area contributed by atoms with Crippen LogP contribution >= 0.6 is 0 Å². The molecule has 1 heterocycles. The fourth-order valence-electron chi connectivity index (χ4n) is 2.85. The molecule has 1 fully saturated rings. The van der Waals surface area contributed by atoms with Crippen LogP contribution in [0.4, 0.5) is 0 Å². The summed E-state index contributed by atoms with van der Waals surface area (Å²) in [4.78, 5) is 0.881. The zero-order valence-corrected chi connectivity index (χ0v) is 13.1. The fourth-order valence-corrected chi connectivity index (χ4v) is 4.27. The van der Waals surface area contributed by atoms with Crippen molar-refractivity contribution in [3.8, 4) is 0 Å². The van der Waals surface area contributed by atoms with Crippen LogP contribution in [0.5, 0.6) is 0 Å². The van der Waals surface area contributed by atoms with Crippen LogP contribution < -0.4 is 0 Å². The van der Waals surface area contributed by atoms with Gasteiger partial charge >= 0.3 is 0 Å². The van der Waals surface area contributed by atoms with E-state index in [1.165, 1.54) is 5.56 Å². The molecule has 0 unspecified atom stereocenters. The Hall–Kier alpha value is -1.45. The van der Waals surface area contributed by atoms with E-state index in [0.29, 0.717) is 5.75 Å². The zero-order valence-electron chi connectivity index (χ0n) is 12.2. The molecule has 2 aromatic rings. The van der Waals surface area contributed by atoms with Crippen molar-refractivity contribution < 1.29 is 8.95 Å². The maximum Gasteiger partial charge on any atom is 0.105 e. The highest BCUT2D eigenvalue weighted by Gasteiger charge is 2.38. The van der Waals surface area contributed by atoms with E-state index in [1.54, 1.807) is 0 Å². The molecule has 0 radical (unpaired) electrons. The third-order valence-electron chi connectivity index (χ3n) is 4.05. The molecule has 110 valence electrons. The SMILES string of the molecule is Cc1ccc([S@](=O)C[C@]2(c3ccccc3)CCCO2)cc1. The van der Waals surface area contributed by atoms with Crippen LogP contribution in [0.2, 0.25) is 0 Å². The first-order chi connectivity index (χ1) is 10.2. The Morgan fingerprint density at radius 1 is 1.10 bits per heavy atom. The van der Waals surface area contributed by atoms with Gasteiger partial charge in [0.15, 0.2) is 0 Å². The summed E-state index contributed by atoms with van der Waals surface area (Å²) in [7, 11) is -1.05. The Kier molecular flexibility index (Phi) is 4.22. The number of rotatable bonds is 4. The first-order valence-electron chi connectivity index (χ1n) is 7.34. The summed E-state index contributed by atoms with van der Waals surface area (Å²) < 4.78 is 18.8. The van der Waals surface area contributed by atoms with E-state index in [9.17, 15) is 4.21 Å². The lowest BCUT2D eigenvalue weighted by molar-refractivity contribution is 0.0204. The van der Waals surface area contributed by atoms with Crippen molar-refractivity contribution in [2.24, 2.45) is 0 Å². The third-order valence-corrected chi connectivity index (χ3v) is 5.58. The average Bonchev–Trinajstić information content (AvgIpc) is 2.98. The molecule has 0 spiro atoms. The average molecular weight is 300 g/mol. The van der Waals surface area contributed by atoms with Crippen LogP contribution in [0.25, 0.3) is 0 Å². The number of aryl methyl sites for hydroxylation is 1. The molecular weight excluding hydrogens is 280 g/mol. The van der Waals surface area contributed by atoms with Crippen LogP contribution in [0.1, 0.15) is 24.0 Å². The molecule has 1 aliphatic rings. The number of benzene rings is 2. The largest absolute Gasteiger partial charge is 0.369 e. The van der Waals surface area contributed by atoms with Gasteiger partial charge in [-0.25, -0.2) is 0 Å². The van der Waals surface area contributed by atoms with Crippen molar-refractivity contribution in [1.29, 1.82) is 0 Å². The molecule has 0 bridgehead atoms. The number of ether oxygens (including phenoxy) is 1. The van der Waals surface area contributed by atoms with E-state index in [1.807, 2.05) is 49.4 Å². The molecule has 1 saturated heterocycles. The first-order valence-corrected chi connectivity index (χ1v) is 8.66. The van der Waals surface area contributed by atoms with Crippen LogP contribution in [0, 0.1) is 6.92 Å². The fraction of sp³-hybridized carbons (Fsp3) is 0.333. The van der Waals surface area contributed by atoms with Gasteiger partial charge in [0.25, 0.3) is 0 Å². The van der Waals surface area contributed by atoms with Crippen molar-refractivity contribution in [2.45, 2.75) is 30.3 Å². The Balaban J connectivity index is 1.86. The molecule has 0 amide bonds. The van der Waals surface area contributed by atoms with E-state index in [4.69, 9.17) is 4.74 Å². The summed E-state index contributed by atoms with van der Waals surface area (Å²) in [6.45, 7) is 2.79. The van der Waals surface area contributed by atoms with Crippen molar-refractivity contribution >= 4 is 10.8 Å². The highest BCUT2D eigenvalue weighted by Crippen LogP contribution is 2.37. The van der Waals surface area contributed by atoms with Gasteiger partial charge in [-0.05, 0) is 37.5 Å². The number of hydrogen-bond acceptors (Lipinski definition) is 2. The molecular formula is C18H20O2S. The Morgan fingerprint density at radius 2 is 1.81 bits per heavy atom. The van der Waals surface area contributed by atoms with Crippen LogP contribution in [0.3, 0.4) is 0 Å². The second-order valence-corrected chi connectivity index (χ2v) is 7.07. The van der Waals surface area contributed by atoms with Crippen LogP contribution in [-0.2, 0) is 21.1 Å². The lowest BCUT2D eigenvalue weighted by atomic mass is 9.93. The Bertz CT molecular complexity index is 613. The lowest BCUT2D eigenvalue weighted by Gasteiger charge is -2.28. The highest BCUT2D eigenvalue weighted by atomic mass is 32.2. The second-order valence-electron chi connectivity index (χ2n) is 5.62. The third kappa shape index (κ3) is 3.09. The summed E-state index contributed by atoms with van der Waals surface area (Å²) >= 11 is 0. The summed E-state index contributed by atoms with van der Waals surface area (Å²) in [5, 5.41) is 0. The molecule has 1 aliphatic heterocycles. The highest BCUT2D eigenvalue weighted by molar-refractivity contribution is 7.85. The van der Waals surface area contributed by atoms with Crippen molar-refractivity contribution in [3.05, 3.63) is 65.7 Å². The lowest BCUT2D eigenvalue weighted by Crippen LogP contribution is -2.31. The molecule has 3 heteroatoms. The first kappa shape index (κ1) is 14.5. The van der Waals surface area contributed by atoms with Gasteiger partial charge in [-0.3, -0.25) is 4.21 Å². The predicted octanol–water partition coefficient (Wildman–Crippen LogP) is 3.81. The second kappa shape index (κ2) is 6.12. The normalized spacial score (nSPS) is 23.1. The summed E-state index contributed by atoms with van der Waals surface area (Å²) in [6, 6.07) is 18.1. The molecule has 0 N–H and O–H groups in total. The van der Waals surface area contributed by atoms with E-state index >= 15 is 0 Å². The molecule has 2 atom stereocenters. The summed E-state index contributed by atoms with van der Waals surface area (Å²) in [5.74, 6) is 0.528. The predicted molar refractivity (Wildman–Crippen MR) is 85.8 cm³/mol. The van der Waals surface area contributed by atoms with Crippen LogP contribution in [0.15, 0.2) is 59.5 Å². The molecule has 3 rings (SSSR count). The molecule has 2 aromatic carbocycles. The minimum atomic E-state index is -1.05. The van der Waals surface area contributed by atoms with Crippen molar-refractivity contribution in [2.75, 3.05) is 12.4 Å². The maximum atomic E-state index is 12.7. The minimum absolute atomic E-state index is 0.392. The van der Waals surface area contributed by atoms with Gasteiger partial charge in [-0.1, -0.05) is 48.0 Å². The molecule has 0 saturated carbocycles. The summed E-state index contributed by atoms with van der Waals surface area (Å²) in [6.07, 6.45) is 1.97. The minimum Gasteiger partial charge on any atom is -0.369 e. The van der Waals surface area contributed by atoms with Crippen molar-refractivity contribution in [3.63, 3.8) is 0 Å². The molecule has 0 aliphatic carbocycles. The monoisotopic (exact) mass is 300 g/mol. The standard InChI is InChI=1S/C18H20O2S/c1-15-8-10-17(11-9-15)21(19)14-18(12-5-13-20-18)16-6-3-2-4-7-16/h2-4,6-11H,5,12-14H2,1H3/t18-,21+/m0/s1. The van der Waals surface area contributed by atoms with Gasteiger partial charge in [0.1, 0.15) is 5.60 Å². The van der Waals surface area contributed by atoms with E-state index in [2.05, 4.69) is 12.1 Å². The van der Waals surface area contributed by atoms with E-state index < -0.39 is 16.4 Å². The van der Waals surface area contributed by atoms with E-state index in [0.717, 1.165) is 29.9 Å².